The van der Waals surface area contributed by atoms with E-state index in [-0.39, 0.29) is 5.91 Å². The Morgan fingerprint density at radius 1 is 1.16 bits per heavy atom. The lowest BCUT2D eigenvalue weighted by atomic mass is 10.1. The van der Waals surface area contributed by atoms with E-state index >= 15 is 0 Å². The number of aromatic nitrogens is 3. The number of fused-ring (bicyclic) bond motifs is 1. The summed E-state index contributed by atoms with van der Waals surface area (Å²) in [7, 11) is 0. The largest absolute Gasteiger partial charge is 0.382 e. The normalized spacial score (nSPS) is 10.8. The topological polar surface area (TPSA) is 130 Å². The fourth-order valence-corrected chi connectivity index (χ4v) is 4.21. The molecule has 0 spiro atoms. The summed E-state index contributed by atoms with van der Waals surface area (Å²) in [6.07, 6.45) is 1.35. The molecule has 3 heterocycles. The predicted octanol–water partition coefficient (Wildman–Crippen LogP) is 4.23. The van der Waals surface area contributed by atoms with Gasteiger partial charge in [0.1, 0.15) is 12.1 Å². The molecule has 1 aromatic carbocycles. The Morgan fingerprint density at radius 3 is 2.71 bits per heavy atom. The van der Waals surface area contributed by atoms with E-state index in [9.17, 15) is 4.79 Å². The number of nitrogens with zero attached hydrogens (tertiary/aromatic N) is 3. The fourth-order valence-electron chi connectivity index (χ4n) is 3.31. The monoisotopic (exact) mass is 431 g/mol. The van der Waals surface area contributed by atoms with Crippen molar-refractivity contribution < 1.29 is 4.79 Å². The third-order valence-electron chi connectivity index (χ3n) is 4.72. The maximum atomic E-state index is 13.0. The highest BCUT2D eigenvalue weighted by molar-refractivity contribution is 7.18. The van der Waals surface area contributed by atoms with Crippen LogP contribution in [0.5, 0.6) is 0 Å². The van der Waals surface area contributed by atoms with Crippen LogP contribution < -0.4 is 16.4 Å². The minimum Gasteiger partial charge on any atom is -0.382 e. The van der Waals surface area contributed by atoms with E-state index in [4.69, 9.17) is 11.1 Å². The molecule has 0 aliphatic rings. The maximum absolute atomic E-state index is 13.0. The fraction of sp³-hybridized carbons (Fsp3) is 0.136. The number of nitrogens with two attached hydrogens (primary N) is 1. The first-order valence-electron chi connectivity index (χ1n) is 9.58. The lowest BCUT2D eigenvalue weighted by molar-refractivity contribution is 0.102. The summed E-state index contributed by atoms with van der Waals surface area (Å²) in [5.74, 6) is 0.0328. The predicted molar refractivity (Wildman–Crippen MR) is 125 cm³/mol. The van der Waals surface area contributed by atoms with Crippen LogP contribution in [0.2, 0.25) is 0 Å². The van der Waals surface area contributed by atoms with Crippen molar-refractivity contribution in [2.24, 2.45) is 0 Å². The van der Waals surface area contributed by atoms with Gasteiger partial charge in [0.15, 0.2) is 0 Å². The number of hydrogen-bond acceptors (Lipinski definition) is 8. The second kappa shape index (κ2) is 8.49. The Bertz CT molecular complexity index is 1300. The van der Waals surface area contributed by atoms with Gasteiger partial charge in [-0.25, -0.2) is 9.97 Å². The number of aryl methyl sites for hydroxylation is 1. The first-order valence-corrected chi connectivity index (χ1v) is 10.5. The molecule has 1 amide bonds. The summed E-state index contributed by atoms with van der Waals surface area (Å²) in [4.78, 5) is 25.7. The van der Waals surface area contributed by atoms with Gasteiger partial charge >= 0.3 is 0 Å². The van der Waals surface area contributed by atoms with E-state index in [1.54, 1.807) is 18.4 Å². The molecule has 0 aliphatic carbocycles. The summed E-state index contributed by atoms with van der Waals surface area (Å²) < 4.78 is 0.678. The van der Waals surface area contributed by atoms with Crippen LogP contribution in [0.4, 0.5) is 17.2 Å². The van der Waals surface area contributed by atoms with Crippen LogP contribution in [0, 0.1) is 12.3 Å². The first-order chi connectivity index (χ1) is 14.9. The van der Waals surface area contributed by atoms with Gasteiger partial charge < -0.3 is 21.8 Å². The summed E-state index contributed by atoms with van der Waals surface area (Å²) in [6, 6.07) is 11.3. The number of nitrogen functional groups attached to an aromatic ring is 1. The Kier molecular flexibility index (Phi) is 5.59. The molecule has 0 bridgehead atoms. The van der Waals surface area contributed by atoms with Crippen molar-refractivity contribution in [1.82, 2.24) is 15.0 Å². The molecule has 0 saturated carbocycles. The molecule has 31 heavy (non-hydrogen) atoms. The summed E-state index contributed by atoms with van der Waals surface area (Å²) in [6.45, 7) is 4.14. The number of benzene rings is 1. The third kappa shape index (κ3) is 4.22. The number of rotatable bonds is 6. The highest BCUT2D eigenvalue weighted by atomic mass is 32.1. The Balaban J connectivity index is 1.62. The zero-order valence-electron chi connectivity index (χ0n) is 17.1. The molecule has 0 unspecified atom stereocenters. The highest BCUT2D eigenvalue weighted by Crippen LogP contribution is 2.30. The van der Waals surface area contributed by atoms with E-state index in [0.29, 0.717) is 45.1 Å². The quantitative estimate of drug-likeness (QED) is 0.338. The number of anilines is 3. The average molecular weight is 432 g/mol. The molecule has 9 heteroatoms. The molecule has 0 fully saturated rings. The number of thiophene rings is 1. The van der Waals surface area contributed by atoms with E-state index in [2.05, 4.69) is 25.6 Å². The van der Waals surface area contributed by atoms with Crippen molar-refractivity contribution in [3.8, 4) is 0 Å². The van der Waals surface area contributed by atoms with Crippen LogP contribution in [0.1, 0.15) is 34.2 Å². The van der Waals surface area contributed by atoms with Crippen molar-refractivity contribution in [3.05, 3.63) is 70.6 Å². The molecule has 4 aromatic rings. The maximum Gasteiger partial charge on any atom is 0.258 e. The van der Waals surface area contributed by atoms with Crippen molar-refractivity contribution in [2.45, 2.75) is 20.4 Å². The average Bonchev–Trinajstić information content (AvgIpc) is 3.18. The third-order valence-corrected chi connectivity index (χ3v) is 5.71. The lowest BCUT2D eigenvalue weighted by Gasteiger charge is -2.16. The second-order valence-corrected chi connectivity index (χ2v) is 7.90. The molecule has 0 atom stereocenters. The van der Waals surface area contributed by atoms with E-state index in [1.807, 2.05) is 37.3 Å². The molecule has 0 aliphatic heterocycles. The van der Waals surface area contributed by atoms with Crippen LogP contribution in [0.15, 0.2) is 48.1 Å². The van der Waals surface area contributed by atoms with Gasteiger partial charge in [-0.2, -0.15) is 0 Å². The number of amides is 1. The molecule has 4 rings (SSSR count). The standard InChI is InChI=1S/C22H21N7OS/c1-12-5-3-6-14(28-12)9-25-16-7-4-8-17(18(16)13(2)23)29-22(30)15-10-31-20-19(15)26-11-27-21(20)24/h3-8,10-11,23,25H,9H2,1-2H3,(H,29,30)(H2,24,26,27). The Morgan fingerprint density at radius 2 is 1.94 bits per heavy atom. The second-order valence-electron chi connectivity index (χ2n) is 7.02. The minimum atomic E-state index is -0.315. The van der Waals surface area contributed by atoms with Gasteiger partial charge in [0.05, 0.1) is 33.7 Å². The first kappa shape index (κ1) is 20.4. The Labute approximate surface area is 183 Å². The molecular formula is C22H21N7OS. The molecule has 0 saturated heterocycles. The van der Waals surface area contributed by atoms with Gasteiger partial charge in [-0.1, -0.05) is 12.1 Å². The SMILES string of the molecule is CC(=N)c1c(NCc2cccc(C)n2)cccc1NC(=O)c1csc2c(N)ncnc12. The molecular weight excluding hydrogens is 410 g/mol. The smallest absolute Gasteiger partial charge is 0.258 e. The van der Waals surface area contributed by atoms with Crippen LogP contribution in [-0.4, -0.2) is 26.6 Å². The summed E-state index contributed by atoms with van der Waals surface area (Å²) >= 11 is 1.33. The van der Waals surface area contributed by atoms with Gasteiger partial charge in [0, 0.05) is 28.0 Å². The molecule has 8 nitrogen and oxygen atoms in total. The van der Waals surface area contributed by atoms with Crippen LogP contribution in [-0.2, 0) is 6.54 Å². The van der Waals surface area contributed by atoms with Crippen molar-refractivity contribution in [2.75, 3.05) is 16.4 Å². The molecule has 0 radical (unpaired) electrons. The zero-order valence-corrected chi connectivity index (χ0v) is 17.9. The minimum absolute atomic E-state index is 0.315. The zero-order chi connectivity index (χ0) is 22.0. The molecule has 156 valence electrons. The lowest BCUT2D eigenvalue weighted by Crippen LogP contribution is -2.16. The van der Waals surface area contributed by atoms with Gasteiger partial charge in [0.2, 0.25) is 0 Å². The number of pyridine rings is 1. The van der Waals surface area contributed by atoms with Gasteiger partial charge in [-0.15, -0.1) is 11.3 Å². The van der Waals surface area contributed by atoms with Crippen LogP contribution in [0.25, 0.3) is 10.2 Å². The van der Waals surface area contributed by atoms with Gasteiger partial charge in [0.25, 0.3) is 5.91 Å². The van der Waals surface area contributed by atoms with E-state index in [1.165, 1.54) is 17.7 Å². The van der Waals surface area contributed by atoms with Gasteiger partial charge in [-0.05, 0) is 38.1 Å². The summed E-state index contributed by atoms with van der Waals surface area (Å²) in [5, 5.41) is 16.2. The number of carbonyl (C=O) groups is 1. The van der Waals surface area contributed by atoms with Crippen LogP contribution in [0.3, 0.4) is 0 Å². The molecule has 3 aromatic heterocycles. The number of nitrogens with one attached hydrogen (secondary N) is 3. The highest BCUT2D eigenvalue weighted by Gasteiger charge is 2.18. The van der Waals surface area contributed by atoms with Crippen molar-refractivity contribution in [3.63, 3.8) is 0 Å². The van der Waals surface area contributed by atoms with Crippen molar-refractivity contribution >= 4 is 50.4 Å². The Hall–Kier alpha value is -3.85. The number of hydrogen-bond donors (Lipinski definition) is 4. The molecule has 5 N–H and O–H groups in total. The van der Waals surface area contributed by atoms with Crippen LogP contribution >= 0.6 is 11.3 Å². The van der Waals surface area contributed by atoms with Crippen molar-refractivity contribution in [1.29, 1.82) is 5.41 Å². The van der Waals surface area contributed by atoms with E-state index in [0.717, 1.165) is 17.1 Å². The van der Waals surface area contributed by atoms with Gasteiger partial charge in [-0.3, -0.25) is 9.78 Å². The number of carbonyl (C=O) groups excluding carboxylic acids is 1. The summed E-state index contributed by atoms with van der Waals surface area (Å²) in [5.41, 5.74) is 10.9. The van der Waals surface area contributed by atoms with E-state index < -0.39 is 0 Å².